The number of aromatic amines is 1. The largest absolute Gasteiger partial charge is 0.392 e. The van der Waals surface area contributed by atoms with Crippen molar-refractivity contribution in [2.75, 3.05) is 18.4 Å². The van der Waals surface area contributed by atoms with E-state index in [-0.39, 0.29) is 6.10 Å². The van der Waals surface area contributed by atoms with Crippen LogP contribution in [0.4, 0.5) is 5.82 Å². The third-order valence-corrected chi connectivity index (χ3v) is 4.56. The highest BCUT2D eigenvalue weighted by atomic mass is 16.3. The highest BCUT2D eigenvalue weighted by molar-refractivity contribution is 5.85. The molecule has 0 saturated carbocycles. The molecule has 1 fully saturated rings. The molecule has 1 aliphatic rings. The summed E-state index contributed by atoms with van der Waals surface area (Å²) in [6.07, 6.45) is 2.45. The van der Waals surface area contributed by atoms with Gasteiger partial charge in [-0.15, -0.1) is 0 Å². The Morgan fingerprint density at radius 1 is 1.24 bits per heavy atom. The minimum absolute atomic E-state index is 0.167. The second-order valence-corrected chi connectivity index (χ2v) is 6.60. The van der Waals surface area contributed by atoms with Crippen LogP contribution in [0.3, 0.4) is 0 Å². The number of aliphatic hydroxyl groups is 1. The van der Waals surface area contributed by atoms with Gasteiger partial charge in [-0.2, -0.15) is 5.10 Å². The molecule has 1 atom stereocenters. The molecule has 7 nitrogen and oxygen atoms in total. The monoisotopic (exact) mass is 338 g/mol. The van der Waals surface area contributed by atoms with Crippen molar-refractivity contribution in [2.45, 2.75) is 32.5 Å². The van der Waals surface area contributed by atoms with E-state index in [4.69, 9.17) is 0 Å². The van der Waals surface area contributed by atoms with Gasteiger partial charge in [-0.25, -0.2) is 9.97 Å². The van der Waals surface area contributed by atoms with Gasteiger partial charge in [-0.1, -0.05) is 24.3 Å². The lowest BCUT2D eigenvalue weighted by atomic mass is 10.1. The number of fused-ring (bicyclic) bond motifs is 1. The zero-order chi connectivity index (χ0) is 17.2. The van der Waals surface area contributed by atoms with E-state index >= 15 is 0 Å². The van der Waals surface area contributed by atoms with Gasteiger partial charge in [0.05, 0.1) is 17.7 Å². The lowest BCUT2D eigenvalue weighted by Crippen LogP contribution is -2.21. The maximum absolute atomic E-state index is 9.61. The molecule has 3 aromatic rings. The maximum atomic E-state index is 9.61. The minimum Gasteiger partial charge on any atom is -0.392 e. The number of aliphatic hydroxyl groups excluding tert-OH is 1. The highest BCUT2D eigenvalue weighted by Crippen LogP contribution is 2.19. The van der Waals surface area contributed by atoms with Crippen LogP contribution in [0.5, 0.6) is 0 Å². The van der Waals surface area contributed by atoms with Crippen LogP contribution in [0.25, 0.3) is 11.0 Å². The second kappa shape index (κ2) is 6.78. The van der Waals surface area contributed by atoms with Crippen molar-refractivity contribution >= 4 is 16.9 Å². The number of likely N-dealkylation sites (tertiary alicyclic amines) is 1. The molecular weight excluding hydrogens is 316 g/mol. The molecule has 7 heteroatoms. The number of H-pyrrole nitrogens is 1. The number of anilines is 1. The first kappa shape index (κ1) is 16.0. The number of aromatic nitrogens is 4. The summed E-state index contributed by atoms with van der Waals surface area (Å²) < 4.78 is 0. The molecule has 25 heavy (non-hydrogen) atoms. The molecular formula is C18H22N6O. The number of aryl methyl sites for hydroxylation is 1. The SMILES string of the molecule is Cc1nc(NCc2ccc(CN3CCC(O)C3)cc2)c2cn[nH]c2n1. The fourth-order valence-corrected chi connectivity index (χ4v) is 3.24. The van der Waals surface area contributed by atoms with Crippen molar-refractivity contribution in [3.05, 3.63) is 47.4 Å². The Kier molecular flexibility index (Phi) is 4.33. The van der Waals surface area contributed by atoms with Crippen molar-refractivity contribution in [3.8, 4) is 0 Å². The molecule has 0 aliphatic carbocycles. The lowest BCUT2D eigenvalue weighted by Gasteiger charge is -2.15. The maximum Gasteiger partial charge on any atom is 0.161 e. The van der Waals surface area contributed by atoms with E-state index in [1.165, 1.54) is 11.1 Å². The summed E-state index contributed by atoms with van der Waals surface area (Å²) in [5.74, 6) is 1.51. The fraction of sp³-hybridized carbons (Fsp3) is 0.389. The molecule has 0 bridgehead atoms. The molecule has 1 saturated heterocycles. The fourth-order valence-electron chi connectivity index (χ4n) is 3.24. The van der Waals surface area contributed by atoms with Crippen LogP contribution < -0.4 is 5.32 Å². The van der Waals surface area contributed by atoms with Crippen LogP contribution in [-0.2, 0) is 13.1 Å². The first-order valence-corrected chi connectivity index (χ1v) is 8.57. The molecule has 3 heterocycles. The third-order valence-electron chi connectivity index (χ3n) is 4.56. The Morgan fingerprint density at radius 2 is 2.04 bits per heavy atom. The molecule has 130 valence electrons. The molecule has 2 aromatic heterocycles. The van der Waals surface area contributed by atoms with E-state index in [0.29, 0.717) is 12.4 Å². The van der Waals surface area contributed by atoms with E-state index in [1.807, 2.05) is 6.92 Å². The summed E-state index contributed by atoms with van der Waals surface area (Å²) in [5, 5.41) is 20.8. The molecule has 0 spiro atoms. The number of hydrogen-bond donors (Lipinski definition) is 3. The standard InChI is InChI=1S/C18H22N6O/c1-12-21-17(16-9-20-23-18(16)22-12)19-8-13-2-4-14(5-3-13)10-24-7-6-15(25)11-24/h2-5,9,15,25H,6-8,10-11H2,1H3,(H2,19,20,21,22,23). The Labute approximate surface area is 146 Å². The average Bonchev–Trinajstić information content (AvgIpc) is 3.22. The number of nitrogens with one attached hydrogen (secondary N) is 2. The van der Waals surface area contributed by atoms with Gasteiger partial charge in [0.25, 0.3) is 0 Å². The Hall–Kier alpha value is -2.51. The number of nitrogens with zero attached hydrogens (tertiary/aromatic N) is 4. The first-order chi connectivity index (χ1) is 12.2. The van der Waals surface area contributed by atoms with Gasteiger partial charge in [0.15, 0.2) is 5.65 Å². The van der Waals surface area contributed by atoms with Gasteiger partial charge in [0, 0.05) is 26.2 Å². The van der Waals surface area contributed by atoms with Crippen LogP contribution in [0.15, 0.2) is 30.5 Å². The van der Waals surface area contributed by atoms with Gasteiger partial charge in [0.2, 0.25) is 0 Å². The van der Waals surface area contributed by atoms with Crippen molar-refractivity contribution in [3.63, 3.8) is 0 Å². The Morgan fingerprint density at radius 3 is 2.80 bits per heavy atom. The molecule has 1 aromatic carbocycles. The van der Waals surface area contributed by atoms with Crippen LogP contribution in [0.1, 0.15) is 23.4 Å². The van der Waals surface area contributed by atoms with Crippen LogP contribution >= 0.6 is 0 Å². The predicted octanol–water partition coefficient (Wildman–Crippen LogP) is 1.84. The van der Waals surface area contributed by atoms with Gasteiger partial charge in [-0.05, 0) is 24.5 Å². The summed E-state index contributed by atoms with van der Waals surface area (Å²) >= 11 is 0. The van der Waals surface area contributed by atoms with Crippen LogP contribution in [0, 0.1) is 6.92 Å². The van der Waals surface area contributed by atoms with E-state index in [0.717, 1.165) is 42.9 Å². The summed E-state index contributed by atoms with van der Waals surface area (Å²) in [4.78, 5) is 11.1. The van der Waals surface area contributed by atoms with E-state index in [1.54, 1.807) is 6.20 Å². The highest BCUT2D eigenvalue weighted by Gasteiger charge is 2.19. The van der Waals surface area contributed by atoms with Gasteiger partial charge in [0.1, 0.15) is 11.6 Å². The van der Waals surface area contributed by atoms with Crippen molar-refractivity contribution in [1.82, 2.24) is 25.1 Å². The van der Waals surface area contributed by atoms with Gasteiger partial charge >= 0.3 is 0 Å². The smallest absolute Gasteiger partial charge is 0.161 e. The number of rotatable bonds is 5. The molecule has 0 amide bonds. The minimum atomic E-state index is -0.167. The Balaban J connectivity index is 1.40. The summed E-state index contributed by atoms with van der Waals surface area (Å²) in [5.41, 5.74) is 3.21. The van der Waals surface area contributed by atoms with Gasteiger partial charge in [-0.3, -0.25) is 10.00 Å². The molecule has 0 radical (unpaired) electrons. The third kappa shape index (κ3) is 3.62. The zero-order valence-electron chi connectivity index (χ0n) is 14.2. The van der Waals surface area contributed by atoms with E-state index in [9.17, 15) is 5.11 Å². The number of benzene rings is 1. The van der Waals surface area contributed by atoms with E-state index < -0.39 is 0 Å². The summed E-state index contributed by atoms with van der Waals surface area (Å²) in [6.45, 7) is 5.20. The van der Waals surface area contributed by atoms with Crippen LogP contribution in [0.2, 0.25) is 0 Å². The average molecular weight is 338 g/mol. The van der Waals surface area contributed by atoms with Crippen LogP contribution in [-0.4, -0.2) is 49.4 Å². The zero-order valence-corrected chi connectivity index (χ0v) is 14.2. The molecule has 4 rings (SSSR count). The quantitative estimate of drug-likeness (QED) is 0.658. The molecule has 1 unspecified atom stereocenters. The second-order valence-electron chi connectivity index (χ2n) is 6.60. The summed E-state index contributed by atoms with van der Waals surface area (Å²) in [7, 11) is 0. The van der Waals surface area contributed by atoms with E-state index in [2.05, 4.69) is 54.6 Å². The van der Waals surface area contributed by atoms with Crippen molar-refractivity contribution < 1.29 is 5.11 Å². The summed E-state index contributed by atoms with van der Waals surface area (Å²) in [6, 6.07) is 8.58. The topological polar surface area (TPSA) is 90.0 Å². The first-order valence-electron chi connectivity index (χ1n) is 8.57. The normalized spacial score (nSPS) is 18.1. The Bertz CT molecular complexity index is 860. The lowest BCUT2D eigenvalue weighted by molar-refractivity contribution is 0.175. The molecule has 1 aliphatic heterocycles. The van der Waals surface area contributed by atoms with Crippen molar-refractivity contribution in [1.29, 1.82) is 0 Å². The van der Waals surface area contributed by atoms with Crippen molar-refractivity contribution in [2.24, 2.45) is 0 Å². The van der Waals surface area contributed by atoms with Gasteiger partial charge < -0.3 is 10.4 Å². The number of β-amino-alcohol motifs (C(OH)–C–C–N with tert-alkyl or cyclic N) is 1. The number of hydrogen-bond acceptors (Lipinski definition) is 6. The molecule has 3 N–H and O–H groups in total. The predicted molar refractivity (Wildman–Crippen MR) is 96.1 cm³/mol.